The molecule has 2 bridgehead atoms. The molecule has 0 aromatic heterocycles. The summed E-state index contributed by atoms with van der Waals surface area (Å²) in [7, 11) is 0. The van der Waals surface area contributed by atoms with Crippen molar-refractivity contribution in [3.05, 3.63) is 36.0 Å². The number of fused-ring (bicyclic) bond motifs is 2. The predicted molar refractivity (Wildman–Crippen MR) is 73.2 cm³/mol. The van der Waals surface area contributed by atoms with Gasteiger partial charge in [0.2, 0.25) is 0 Å². The molecule has 2 aliphatic rings. The molecule has 2 heteroatoms. The first-order valence-electron chi connectivity index (χ1n) is 6.70. The van der Waals surface area contributed by atoms with Gasteiger partial charge in [0.25, 0.3) is 0 Å². The Balaban J connectivity index is 2.00. The number of aliphatic carboxylic acids is 1. The molecule has 0 amide bonds. The molecule has 18 heavy (non-hydrogen) atoms. The SMILES string of the molecule is C=C1C2CCC(C2)C1(C)CC=CC(C)=CC(=O)O. The van der Waals surface area contributed by atoms with Gasteiger partial charge >= 0.3 is 5.97 Å². The van der Waals surface area contributed by atoms with Crippen molar-refractivity contribution in [3.8, 4) is 0 Å². The van der Waals surface area contributed by atoms with Crippen molar-refractivity contribution >= 4 is 5.97 Å². The van der Waals surface area contributed by atoms with Gasteiger partial charge in [-0.1, -0.05) is 31.2 Å². The van der Waals surface area contributed by atoms with E-state index < -0.39 is 5.97 Å². The molecule has 0 aromatic rings. The van der Waals surface area contributed by atoms with Crippen LogP contribution in [0.3, 0.4) is 0 Å². The molecule has 0 saturated heterocycles. The van der Waals surface area contributed by atoms with E-state index in [-0.39, 0.29) is 5.41 Å². The maximum absolute atomic E-state index is 10.5. The third-order valence-electron chi connectivity index (χ3n) is 4.83. The van der Waals surface area contributed by atoms with Crippen LogP contribution < -0.4 is 0 Å². The minimum absolute atomic E-state index is 0.239. The van der Waals surface area contributed by atoms with Gasteiger partial charge in [0, 0.05) is 6.08 Å². The van der Waals surface area contributed by atoms with E-state index in [1.165, 1.54) is 30.9 Å². The number of hydrogen-bond donors (Lipinski definition) is 1. The fourth-order valence-electron chi connectivity index (χ4n) is 3.64. The number of carboxylic acids is 1. The van der Waals surface area contributed by atoms with E-state index in [1.807, 2.05) is 13.0 Å². The summed E-state index contributed by atoms with van der Waals surface area (Å²) in [6.07, 6.45) is 10.2. The highest BCUT2D eigenvalue weighted by Gasteiger charge is 2.49. The smallest absolute Gasteiger partial charge is 0.328 e. The molecule has 0 aliphatic heterocycles. The second-order valence-corrected chi connectivity index (χ2v) is 5.98. The fraction of sp³-hybridized carbons (Fsp3) is 0.562. The molecule has 2 nitrogen and oxygen atoms in total. The Labute approximate surface area is 109 Å². The van der Waals surface area contributed by atoms with Crippen LogP contribution >= 0.6 is 0 Å². The monoisotopic (exact) mass is 246 g/mol. The van der Waals surface area contributed by atoms with Gasteiger partial charge in [0.15, 0.2) is 0 Å². The van der Waals surface area contributed by atoms with Gasteiger partial charge < -0.3 is 5.11 Å². The molecule has 1 N–H and O–H groups in total. The summed E-state index contributed by atoms with van der Waals surface area (Å²) in [5.41, 5.74) is 2.45. The van der Waals surface area contributed by atoms with Gasteiger partial charge in [-0.15, -0.1) is 0 Å². The van der Waals surface area contributed by atoms with Crippen molar-refractivity contribution in [1.29, 1.82) is 0 Å². The van der Waals surface area contributed by atoms with Crippen LogP contribution in [0.4, 0.5) is 0 Å². The van der Waals surface area contributed by atoms with Gasteiger partial charge in [-0.3, -0.25) is 0 Å². The Hall–Kier alpha value is -1.31. The maximum Gasteiger partial charge on any atom is 0.328 e. The quantitative estimate of drug-likeness (QED) is 0.463. The lowest BCUT2D eigenvalue weighted by molar-refractivity contribution is -0.131. The summed E-state index contributed by atoms with van der Waals surface area (Å²) < 4.78 is 0. The molecule has 3 atom stereocenters. The average Bonchev–Trinajstić information content (AvgIpc) is 2.82. The zero-order valence-electron chi connectivity index (χ0n) is 11.3. The zero-order valence-corrected chi connectivity index (χ0v) is 11.3. The van der Waals surface area contributed by atoms with Crippen molar-refractivity contribution in [2.24, 2.45) is 17.3 Å². The van der Waals surface area contributed by atoms with E-state index in [9.17, 15) is 4.79 Å². The number of allylic oxidation sites excluding steroid dienone is 4. The molecule has 0 radical (unpaired) electrons. The van der Waals surface area contributed by atoms with Crippen molar-refractivity contribution in [2.45, 2.75) is 39.5 Å². The van der Waals surface area contributed by atoms with Crippen LogP contribution in [0.5, 0.6) is 0 Å². The van der Waals surface area contributed by atoms with Gasteiger partial charge in [0.1, 0.15) is 0 Å². The van der Waals surface area contributed by atoms with Crippen molar-refractivity contribution < 1.29 is 9.90 Å². The number of carbonyl (C=O) groups is 1. The first-order chi connectivity index (χ1) is 8.43. The molecule has 3 unspecified atom stereocenters. The average molecular weight is 246 g/mol. The third kappa shape index (κ3) is 2.29. The van der Waals surface area contributed by atoms with Crippen molar-refractivity contribution in [3.63, 3.8) is 0 Å². The van der Waals surface area contributed by atoms with E-state index in [4.69, 9.17) is 5.11 Å². The summed E-state index contributed by atoms with van der Waals surface area (Å²) in [6.45, 7) is 8.43. The summed E-state index contributed by atoms with van der Waals surface area (Å²) >= 11 is 0. The number of hydrogen-bond acceptors (Lipinski definition) is 1. The van der Waals surface area contributed by atoms with Gasteiger partial charge in [-0.25, -0.2) is 4.79 Å². The van der Waals surface area contributed by atoms with Gasteiger partial charge in [-0.05, 0) is 55.4 Å². The highest BCUT2D eigenvalue weighted by molar-refractivity contribution is 5.81. The normalized spacial score (nSPS) is 35.7. The van der Waals surface area contributed by atoms with Crippen molar-refractivity contribution in [1.82, 2.24) is 0 Å². The number of carboxylic acid groups (broad SMARTS) is 1. The Morgan fingerprint density at radius 2 is 2.28 bits per heavy atom. The Morgan fingerprint density at radius 1 is 1.56 bits per heavy atom. The topological polar surface area (TPSA) is 37.3 Å². The lowest BCUT2D eigenvalue weighted by Gasteiger charge is -2.35. The fourth-order valence-corrected chi connectivity index (χ4v) is 3.64. The van der Waals surface area contributed by atoms with E-state index in [0.29, 0.717) is 0 Å². The van der Waals surface area contributed by atoms with Crippen LogP contribution in [0.1, 0.15) is 39.5 Å². The molecule has 2 fully saturated rings. The van der Waals surface area contributed by atoms with Crippen molar-refractivity contribution in [2.75, 3.05) is 0 Å². The molecular formula is C16H22O2. The lowest BCUT2D eigenvalue weighted by atomic mass is 9.69. The molecule has 0 aromatic carbocycles. The summed E-state index contributed by atoms with van der Waals surface area (Å²) in [4.78, 5) is 10.5. The van der Waals surface area contributed by atoms with Crippen LogP contribution in [0, 0.1) is 17.3 Å². The Bertz CT molecular complexity index is 430. The van der Waals surface area contributed by atoms with E-state index >= 15 is 0 Å². The standard InChI is InChI=1S/C16H22O2/c1-11(9-15(17)18)5-4-8-16(3)12(2)13-6-7-14(16)10-13/h4-5,9,13-14H,2,6-8,10H2,1,3H3,(H,17,18). The maximum atomic E-state index is 10.5. The molecule has 2 rings (SSSR count). The van der Waals surface area contributed by atoms with Crippen LogP contribution in [0.25, 0.3) is 0 Å². The lowest BCUT2D eigenvalue weighted by Crippen LogP contribution is -2.25. The minimum Gasteiger partial charge on any atom is -0.478 e. The number of rotatable bonds is 4. The summed E-state index contributed by atoms with van der Waals surface area (Å²) in [6, 6.07) is 0. The van der Waals surface area contributed by atoms with Crippen LogP contribution in [0.2, 0.25) is 0 Å². The van der Waals surface area contributed by atoms with Crippen LogP contribution in [-0.2, 0) is 4.79 Å². The third-order valence-corrected chi connectivity index (χ3v) is 4.83. The first kappa shape index (κ1) is 13.1. The van der Waals surface area contributed by atoms with Crippen LogP contribution in [-0.4, -0.2) is 11.1 Å². The van der Waals surface area contributed by atoms with Crippen LogP contribution in [0.15, 0.2) is 36.0 Å². The molecule has 98 valence electrons. The zero-order chi connectivity index (χ0) is 13.3. The predicted octanol–water partition coefficient (Wildman–Crippen LogP) is 3.96. The largest absolute Gasteiger partial charge is 0.478 e. The second kappa shape index (κ2) is 4.75. The molecule has 2 saturated carbocycles. The minimum atomic E-state index is -0.882. The second-order valence-electron chi connectivity index (χ2n) is 5.98. The Kier molecular flexibility index (Phi) is 3.47. The van der Waals surface area contributed by atoms with E-state index in [2.05, 4.69) is 19.6 Å². The molecule has 0 heterocycles. The first-order valence-corrected chi connectivity index (χ1v) is 6.70. The highest BCUT2D eigenvalue weighted by atomic mass is 16.4. The van der Waals surface area contributed by atoms with Gasteiger partial charge in [-0.2, -0.15) is 0 Å². The molecular weight excluding hydrogens is 224 g/mol. The summed E-state index contributed by atoms with van der Waals surface area (Å²) in [5, 5.41) is 8.65. The summed E-state index contributed by atoms with van der Waals surface area (Å²) in [5.74, 6) is 0.639. The Morgan fingerprint density at radius 3 is 2.83 bits per heavy atom. The van der Waals surface area contributed by atoms with E-state index in [1.54, 1.807) is 0 Å². The molecule has 2 aliphatic carbocycles. The van der Waals surface area contributed by atoms with Gasteiger partial charge in [0.05, 0.1) is 0 Å². The molecule has 0 spiro atoms. The highest BCUT2D eigenvalue weighted by Crippen LogP contribution is 2.60. The van der Waals surface area contributed by atoms with E-state index in [0.717, 1.165) is 23.8 Å².